The van der Waals surface area contributed by atoms with Crippen LogP contribution in [-0.4, -0.2) is 22.2 Å². The summed E-state index contributed by atoms with van der Waals surface area (Å²) in [4.78, 5) is 23.2. The van der Waals surface area contributed by atoms with Crippen molar-refractivity contribution >= 4 is 35.1 Å². The third-order valence-corrected chi connectivity index (χ3v) is 3.20. The summed E-state index contributed by atoms with van der Waals surface area (Å²) in [6, 6.07) is 8.27. The van der Waals surface area contributed by atoms with Gasteiger partial charge in [0.1, 0.15) is 16.9 Å². The first kappa shape index (κ1) is 15.2. The number of carbonyl (C=O) groups excluding carboxylic acids is 1. The van der Waals surface area contributed by atoms with E-state index in [-0.39, 0.29) is 27.1 Å². The van der Waals surface area contributed by atoms with Crippen LogP contribution in [0.1, 0.15) is 20.7 Å². The molecule has 2 aromatic carbocycles. The number of carboxylic acids is 1. The number of carbonyl (C=O) groups is 2. The summed E-state index contributed by atoms with van der Waals surface area (Å²) in [6.45, 7) is 0. The fraction of sp³-hybridized carbons (Fsp3) is 0. The van der Waals surface area contributed by atoms with Gasteiger partial charge in [-0.2, -0.15) is 0 Å². The van der Waals surface area contributed by atoms with Crippen molar-refractivity contribution in [3.63, 3.8) is 0 Å². The van der Waals surface area contributed by atoms with Gasteiger partial charge in [0.05, 0.1) is 10.0 Å². The lowest BCUT2D eigenvalue weighted by molar-refractivity contribution is 0.0681. The number of halogens is 2. The second-order valence-electron chi connectivity index (χ2n) is 3.95. The molecule has 0 aromatic heterocycles. The molecule has 2 N–H and O–H groups in total. The van der Waals surface area contributed by atoms with Gasteiger partial charge in [-0.1, -0.05) is 35.3 Å². The Bertz CT molecular complexity index is 727. The zero-order chi connectivity index (χ0) is 15.6. The van der Waals surface area contributed by atoms with E-state index in [0.29, 0.717) is 0 Å². The van der Waals surface area contributed by atoms with Gasteiger partial charge in [0.25, 0.3) is 0 Å². The summed E-state index contributed by atoms with van der Waals surface area (Å²) < 4.78 is 4.99. The minimum absolute atomic E-state index is 0.0828. The van der Waals surface area contributed by atoms with Gasteiger partial charge in [-0.25, -0.2) is 9.59 Å². The Hall–Kier alpha value is -2.24. The molecule has 21 heavy (non-hydrogen) atoms. The van der Waals surface area contributed by atoms with Crippen molar-refractivity contribution in [3.05, 3.63) is 57.6 Å². The number of rotatable bonds is 3. The highest BCUT2D eigenvalue weighted by molar-refractivity contribution is 6.37. The number of benzene rings is 2. The van der Waals surface area contributed by atoms with Gasteiger partial charge in [-0.05, 0) is 24.3 Å². The Morgan fingerprint density at radius 3 is 2.24 bits per heavy atom. The molecule has 0 saturated heterocycles. The van der Waals surface area contributed by atoms with Gasteiger partial charge in [0, 0.05) is 0 Å². The van der Waals surface area contributed by atoms with E-state index in [1.807, 2.05) is 0 Å². The Kier molecular flexibility index (Phi) is 4.35. The van der Waals surface area contributed by atoms with E-state index in [1.165, 1.54) is 36.4 Å². The van der Waals surface area contributed by atoms with Crippen LogP contribution in [0.15, 0.2) is 36.4 Å². The number of hydrogen-bond acceptors (Lipinski definition) is 4. The predicted octanol–water partition coefficient (Wildman–Crippen LogP) is 3.62. The molecule has 108 valence electrons. The van der Waals surface area contributed by atoms with Gasteiger partial charge < -0.3 is 14.9 Å². The molecule has 0 saturated carbocycles. The fourth-order valence-corrected chi connectivity index (χ4v) is 2.05. The number of para-hydroxylation sites is 1. The van der Waals surface area contributed by atoms with Crippen LogP contribution in [-0.2, 0) is 0 Å². The molecule has 0 spiro atoms. The molecule has 7 heteroatoms. The lowest BCUT2D eigenvalue weighted by Crippen LogP contribution is -2.12. The molecule has 0 aliphatic carbocycles. The summed E-state index contributed by atoms with van der Waals surface area (Å²) >= 11 is 11.6. The zero-order valence-electron chi connectivity index (χ0n) is 10.3. The van der Waals surface area contributed by atoms with Crippen molar-refractivity contribution in [1.82, 2.24) is 0 Å². The molecule has 0 atom stereocenters. The molecule has 0 heterocycles. The maximum absolute atomic E-state index is 12.0. The largest absolute Gasteiger partial charge is 0.507 e. The lowest BCUT2D eigenvalue weighted by Gasteiger charge is -2.11. The Morgan fingerprint density at radius 2 is 1.62 bits per heavy atom. The number of hydrogen-bond donors (Lipinski definition) is 2. The van der Waals surface area contributed by atoms with Gasteiger partial charge in [-0.3, -0.25) is 0 Å². The molecule has 0 amide bonds. The van der Waals surface area contributed by atoms with Crippen molar-refractivity contribution < 1.29 is 24.5 Å². The molecule has 2 aromatic rings. The molecular formula is C14H8Cl2O5. The van der Waals surface area contributed by atoms with Gasteiger partial charge in [-0.15, -0.1) is 0 Å². The first-order valence-electron chi connectivity index (χ1n) is 5.63. The second kappa shape index (κ2) is 6.03. The van der Waals surface area contributed by atoms with Crippen LogP contribution in [0.3, 0.4) is 0 Å². The molecule has 0 aliphatic rings. The normalized spacial score (nSPS) is 10.2. The Morgan fingerprint density at radius 1 is 1.00 bits per heavy atom. The average molecular weight is 327 g/mol. The third-order valence-electron chi connectivity index (χ3n) is 2.59. The minimum atomic E-state index is -1.39. The maximum Gasteiger partial charge on any atom is 0.347 e. The van der Waals surface area contributed by atoms with Gasteiger partial charge in [0.2, 0.25) is 0 Å². The highest BCUT2D eigenvalue weighted by Crippen LogP contribution is 2.35. The molecule has 0 fully saturated rings. The molecule has 0 aliphatic heterocycles. The summed E-state index contributed by atoms with van der Waals surface area (Å²) in [6.07, 6.45) is 0. The molecule has 5 nitrogen and oxygen atoms in total. The van der Waals surface area contributed by atoms with E-state index >= 15 is 0 Å². The quantitative estimate of drug-likeness (QED) is 0.664. The van der Waals surface area contributed by atoms with E-state index in [1.54, 1.807) is 0 Å². The molecule has 2 rings (SSSR count). The molecule has 0 bridgehead atoms. The van der Waals surface area contributed by atoms with E-state index in [9.17, 15) is 14.7 Å². The van der Waals surface area contributed by atoms with Crippen molar-refractivity contribution in [2.45, 2.75) is 0 Å². The lowest BCUT2D eigenvalue weighted by atomic mass is 10.2. The Labute approximate surface area is 129 Å². The standard InChI is InChI=1S/C14H8Cl2O5/c15-8-5-6-9(16)12(11(8)13(18)19)21-14(20)7-3-1-2-4-10(7)17/h1-6,17H,(H,18,19). The van der Waals surface area contributed by atoms with Crippen LogP contribution in [0.2, 0.25) is 10.0 Å². The highest BCUT2D eigenvalue weighted by atomic mass is 35.5. The van der Waals surface area contributed by atoms with Crippen LogP contribution < -0.4 is 4.74 Å². The third kappa shape index (κ3) is 3.09. The highest BCUT2D eigenvalue weighted by Gasteiger charge is 2.23. The number of aromatic hydroxyl groups is 1. The number of phenolic OH excluding ortho intramolecular Hbond substituents is 1. The SMILES string of the molecule is O=C(Oc1c(Cl)ccc(Cl)c1C(=O)O)c1ccccc1O. The summed E-state index contributed by atoms with van der Waals surface area (Å²) in [5.74, 6) is -3.00. The number of aromatic carboxylic acids is 1. The van der Waals surface area contributed by atoms with Crippen LogP contribution >= 0.6 is 23.2 Å². The summed E-state index contributed by atoms with van der Waals surface area (Å²) in [7, 11) is 0. The second-order valence-corrected chi connectivity index (χ2v) is 4.76. The van der Waals surface area contributed by atoms with E-state index < -0.39 is 17.5 Å². The smallest absolute Gasteiger partial charge is 0.347 e. The number of ether oxygens (including phenoxy) is 1. The van der Waals surface area contributed by atoms with Crippen LogP contribution in [0.4, 0.5) is 0 Å². The molecule has 0 radical (unpaired) electrons. The maximum atomic E-state index is 12.0. The predicted molar refractivity (Wildman–Crippen MR) is 76.5 cm³/mol. The van der Waals surface area contributed by atoms with Gasteiger partial charge in [0.15, 0.2) is 5.75 Å². The Balaban J connectivity index is 2.45. The van der Waals surface area contributed by atoms with E-state index in [4.69, 9.17) is 33.0 Å². The summed E-state index contributed by atoms with van der Waals surface area (Å²) in [5.41, 5.74) is -0.544. The van der Waals surface area contributed by atoms with Gasteiger partial charge >= 0.3 is 11.9 Å². The monoisotopic (exact) mass is 326 g/mol. The van der Waals surface area contributed by atoms with Crippen molar-refractivity contribution in [2.24, 2.45) is 0 Å². The summed E-state index contributed by atoms with van der Waals surface area (Å²) in [5, 5.41) is 18.5. The number of phenols is 1. The molecular weight excluding hydrogens is 319 g/mol. The van der Waals surface area contributed by atoms with Crippen molar-refractivity contribution in [1.29, 1.82) is 0 Å². The first-order valence-corrected chi connectivity index (χ1v) is 6.39. The number of carboxylic acid groups (broad SMARTS) is 1. The first-order chi connectivity index (χ1) is 9.91. The molecule has 0 unspecified atom stereocenters. The topological polar surface area (TPSA) is 83.8 Å². The van der Waals surface area contributed by atoms with Crippen molar-refractivity contribution in [2.75, 3.05) is 0 Å². The van der Waals surface area contributed by atoms with E-state index in [0.717, 1.165) is 0 Å². The van der Waals surface area contributed by atoms with Crippen LogP contribution in [0.25, 0.3) is 0 Å². The average Bonchev–Trinajstić information content (AvgIpc) is 2.43. The minimum Gasteiger partial charge on any atom is -0.507 e. The fourth-order valence-electron chi connectivity index (χ4n) is 1.63. The van der Waals surface area contributed by atoms with Crippen molar-refractivity contribution in [3.8, 4) is 11.5 Å². The van der Waals surface area contributed by atoms with Crippen LogP contribution in [0.5, 0.6) is 11.5 Å². The van der Waals surface area contributed by atoms with E-state index in [2.05, 4.69) is 0 Å². The number of esters is 1. The zero-order valence-corrected chi connectivity index (χ0v) is 11.9. The van der Waals surface area contributed by atoms with Crippen LogP contribution in [0, 0.1) is 0 Å².